The first-order valence-electron chi connectivity index (χ1n) is 15.4. The van der Waals surface area contributed by atoms with Gasteiger partial charge in [0.15, 0.2) is 4.80 Å². The molecule has 0 saturated carbocycles. The summed E-state index contributed by atoms with van der Waals surface area (Å²) in [6, 6.07) is 25.7. The number of aromatic nitrogens is 1. The molecule has 0 amide bonds. The van der Waals surface area contributed by atoms with Gasteiger partial charge in [-0.1, -0.05) is 85.0 Å². The summed E-state index contributed by atoms with van der Waals surface area (Å²) in [4.78, 5) is 38.3. The first-order valence-corrected chi connectivity index (χ1v) is 17.0. The number of hydrogen-bond acceptors (Lipinski definition) is 8. The highest BCUT2D eigenvalue weighted by Gasteiger charge is 2.37. The Morgan fingerprint density at radius 1 is 0.978 bits per heavy atom. The molecule has 9 heteroatoms. The number of carbonyl (C=O) groups is 1. The molecule has 0 saturated heterocycles. The number of ether oxygens (including phenoxy) is 2. The number of benzene rings is 4. The van der Waals surface area contributed by atoms with E-state index in [1.165, 1.54) is 21.9 Å². The first-order chi connectivity index (χ1) is 22.4. The van der Waals surface area contributed by atoms with E-state index in [2.05, 4.69) is 49.2 Å². The maximum atomic E-state index is 14.5. The zero-order valence-electron chi connectivity index (χ0n) is 26.1. The molecule has 3 heterocycles. The lowest BCUT2D eigenvalue weighted by molar-refractivity contribution is -0.139. The largest absolute Gasteiger partial charge is 0.496 e. The van der Waals surface area contributed by atoms with Crippen LogP contribution in [0.15, 0.2) is 110 Å². The van der Waals surface area contributed by atoms with Crippen LogP contribution >= 0.6 is 23.1 Å². The predicted octanol–water partition coefficient (Wildman–Crippen LogP) is 6.97. The molecule has 7 rings (SSSR count). The lowest BCUT2D eigenvalue weighted by Crippen LogP contribution is -2.40. The second-order valence-electron chi connectivity index (χ2n) is 11.2. The van der Waals surface area contributed by atoms with Gasteiger partial charge in [-0.25, -0.2) is 9.79 Å². The summed E-state index contributed by atoms with van der Waals surface area (Å²) in [7, 11) is 3.69. The quantitative estimate of drug-likeness (QED) is 0.178. The number of fused-ring (bicyclic) bond motifs is 4. The Hall–Kier alpha value is -4.60. The monoisotopic (exact) mass is 647 g/mol. The smallest absolute Gasteiger partial charge is 0.338 e. The summed E-state index contributed by atoms with van der Waals surface area (Å²) < 4.78 is 13.7. The van der Waals surface area contributed by atoms with E-state index in [0.29, 0.717) is 32.8 Å². The van der Waals surface area contributed by atoms with Crippen LogP contribution in [-0.2, 0) is 9.53 Å². The maximum Gasteiger partial charge on any atom is 0.338 e. The second kappa shape index (κ2) is 12.3. The van der Waals surface area contributed by atoms with E-state index in [4.69, 9.17) is 14.5 Å². The minimum Gasteiger partial charge on any atom is -0.496 e. The van der Waals surface area contributed by atoms with Gasteiger partial charge in [0.1, 0.15) is 11.8 Å². The fourth-order valence-corrected chi connectivity index (χ4v) is 8.55. The van der Waals surface area contributed by atoms with Crippen LogP contribution in [-0.4, -0.2) is 31.3 Å². The number of para-hydroxylation sites is 1. The molecular weight excluding hydrogens is 615 g/mol. The van der Waals surface area contributed by atoms with Gasteiger partial charge >= 0.3 is 5.97 Å². The van der Waals surface area contributed by atoms with Gasteiger partial charge in [0.05, 0.1) is 40.9 Å². The average Bonchev–Trinajstić information content (AvgIpc) is 3.37. The molecule has 0 bridgehead atoms. The van der Waals surface area contributed by atoms with Crippen LogP contribution in [0.3, 0.4) is 0 Å². The van der Waals surface area contributed by atoms with Gasteiger partial charge < -0.3 is 14.4 Å². The van der Waals surface area contributed by atoms with Crippen LogP contribution in [0, 0.1) is 0 Å². The van der Waals surface area contributed by atoms with Crippen LogP contribution in [0.5, 0.6) is 5.75 Å². The Morgan fingerprint density at radius 3 is 2.57 bits per heavy atom. The minimum atomic E-state index is -0.774. The highest BCUT2D eigenvalue weighted by Crippen LogP contribution is 2.47. The average molecular weight is 648 g/mol. The number of nitrogens with zero attached hydrogens (tertiary/aromatic N) is 3. The summed E-state index contributed by atoms with van der Waals surface area (Å²) in [5, 5.41) is 1.88. The van der Waals surface area contributed by atoms with Crippen molar-refractivity contribution in [2.24, 2.45) is 4.99 Å². The van der Waals surface area contributed by atoms with Gasteiger partial charge in [0, 0.05) is 22.4 Å². The van der Waals surface area contributed by atoms with Crippen molar-refractivity contribution in [2.75, 3.05) is 25.7 Å². The van der Waals surface area contributed by atoms with Gasteiger partial charge in [0.25, 0.3) is 5.56 Å². The molecule has 2 aliphatic heterocycles. The second-order valence-corrected chi connectivity index (χ2v) is 13.3. The van der Waals surface area contributed by atoms with E-state index < -0.39 is 12.0 Å². The summed E-state index contributed by atoms with van der Waals surface area (Å²) in [6.45, 7) is 4.05. The zero-order valence-corrected chi connectivity index (χ0v) is 27.7. The Morgan fingerprint density at radius 2 is 1.76 bits per heavy atom. The molecule has 0 N–H and O–H groups in total. The van der Waals surface area contributed by atoms with Crippen molar-refractivity contribution in [3.05, 3.63) is 121 Å². The van der Waals surface area contributed by atoms with Crippen molar-refractivity contribution in [1.29, 1.82) is 0 Å². The van der Waals surface area contributed by atoms with Crippen LogP contribution in [0.2, 0.25) is 0 Å². The van der Waals surface area contributed by atoms with E-state index in [9.17, 15) is 9.59 Å². The van der Waals surface area contributed by atoms with Gasteiger partial charge in [-0.2, -0.15) is 0 Å². The van der Waals surface area contributed by atoms with E-state index in [1.54, 1.807) is 30.4 Å². The van der Waals surface area contributed by atoms with Gasteiger partial charge in [-0.3, -0.25) is 9.36 Å². The Labute approximate surface area is 275 Å². The molecule has 232 valence electrons. The van der Waals surface area contributed by atoms with Crippen molar-refractivity contribution in [3.63, 3.8) is 0 Å². The van der Waals surface area contributed by atoms with Crippen molar-refractivity contribution in [1.82, 2.24) is 4.57 Å². The molecule has 46 heavy (non-hydrogen) atoms. The third-order valence-electron chi connectivity index (χ3n) is 8.41. The molecule has 0 unspecified atom stereocenters. The Balaban J connectivity index is 1.45. The Kier molecular flexibility index (Phi) is 8.04. The van der Waals surface area contributed by atoms with Gasteiger partial charge in [-0.05, 0) is 66.1 Å². The lowest BCUT2D eigenvalue weighted by atomic mass is 9.90. The third kappa shape index (κ3) is 5.04. The van der Waals surface area contributed by atoms with E-state index in [1.807, 2.05) is 54.6 Å². The van der Waals surface area contributed by atoms with Crippen molar-refractivity contribution >= 4 is 57.3 Å². The fourth-order valence-electron chi connectivity index (χ4n) is 6.33. The molecule has 0 aliphatic carbocycles. The summed E-state index contributed by atoms with van der Waals surface area (Å²) in [5.41, 5.74) is 4.76. The molecule has 0 fully saturated rings. The molecule has 0 radical (unpaired) electrons. The number of rotatable bonds is 7. The fraction of sp³-hybridized carbons (Fsp3) is 0.216. The lowest BCUT2D eigenvalue weighted by Gasteiger charge is -2.29. The van der Waals surface area contributed by atoms with Crippen LogP contribution < -0.4 is 24.5 Å². The van der Waals surface area contributed by atoms with Crippen molar-refractivity contribution < 1.29 is 14.3 Å². The summed E-state index contributed by atoms with van der Waals surface area (Å²) in [6.07, 6.45) is 3.27. The number of esters is 1. The minimum absolute atomic E-state index is 0.210. The predicted molar refractivity (Wildman–Crippen MR) is 185 cm³/mol. The van der Waals surface area contributed by atoms with Gasteiger partial charge in [-0.15, -0.1) is 0 Å². The molecule has 0 spiro atoms. The normalized spacial score (nSPS) is 15.7. The van der Waals surface area contributed by atoms with Crippen LogP contribution in [0.1, 0.15) is 43.9 Å². The molecule has 4 aromatic carbocycles. The first kappa shape index (κ1) is 30.1. The molecular formula is C37H33N3O4S2. The molecule has 5 aromatic rings. The molecule has 1 atom stereocenters. The van der Waals surface area contributed by atoms with Crippen LogP contribution in [0.4, 0.5) is 11.4 Å². The van der Waals surface area contributed by atoms with E-state index >= 15 is 0 Å². The van der Waals surface area contributed by atoms with Crippen LogP contribution in [0.25, 0.3) is 16.8 Å². The number of hydrogen-bond donors (Lipinski definition) is 0. The molecule has 1 aromatic heterocycles. The number of anilines is 2. The molecule has 7 nitrogen and oxygen atoms in total. The highest BCUT2D eigenvalue weighted by molar-refractivity contribution is 7.99. The maximum absolute atomic E-state index is 14.5. The zero-order chi connectivity index (χ0) is 31.9. The third-order valence-corrected chi connectivity index (χ3v) is 10.5. The summed E-state index contributed by atoms with van der Waals surface area (Å²) in [5.74, 6) is 0.119. The number of carbonyl (C=O) groups excluding carboxylic acids is 1. The highest BCUT2D eigenvalue weighted by atomic mass is 32.2. The summed E-state index contributed by atoms with van der Waals surface area (Å²) >= 11 is 3.07. The Bertz CT molecular complexity index is 2230. The van der Waals surface area contributed by atoms with Crippen molar-refractivity contribution in [2.45, 2.75) is 42.5 Å². The topological polar surface area (TPSA) is 73.1 Å². The van der Waals surface area contributed by atoms with E-state index in [0.717, 1.165) is 38.9 Å². The van der Waals surface area contributed by atoms with Crippen molar-refractivity contribution in [3.8, 4) is 5.75 Å². The number of methoxy groups -OCH3 is 1. The number of thiazole rings is 1. The standard InChI is InChI=1S/C37H33N3O4S2/c1-5-11-25-33(36(42)44-6-2)34(32-24-13-8-7-12-23(24)17-19-28(32)43-4)40-35(41)31(46-37(40)38-25)21-22-16-18-27-30(20-22)45-29-15-10-9-14-26(29)39(27)3/h7-10,12-21,34H,5-6,11H2,1-4H3/b31-21+/t34-/m1/s1. The SMILES string of the molecule is CCCC1=C(C(=O)OCC)[C@@H](c2c(OC)ccc3ccccc23)n2c(s/c(=C/c3ccc4c(c3)Sc3ccccc3N4C)c2=O)=N1. The molecule has 2 aliphatic rings. The number of allylic oxidation sites excluding steroid dienone is 1. The van der Waals surface area contributed by atoms with Gasteiger partial charge in [0.2, 0.25) is 0 Å². The van der Waals surface area contributed by atoms with E-state index in [-0.39, 0.29) is 12.2 Å².